The molecule has 1 amide bonds. The van der Waals surface area contributed by atoms with E-state index in [-0.39, 0.29) is 61.1 Å². The summed E-state index contributed by atoms with van der Waals surface area (Å²) in [6, 6.07) is 29.2. The third kappa shape index (κ3) is 10.6. The zero-order valence-corrected chi connectivity index (χ0v) is 40.7. The Morgan fingerprint density at radius 2 is 1.46 bits per heavy atom. The molecule has 1 fully saturated rings. The van der Waals surface area contributed by atoms with E-state index < -0.39 is 39.0 Å². The summed E-state index contributed by atoms with van der Waals surface area (Å²) in [7, 11) is -0.151. The molecular weight excluding hydrogens is 931 g/mol. The number of fused-ring (bicyclic) bond motifs is 1. The molecule has 0 saturated carbocycles. The molecule has 3 N–H and O–H groups in total. The van der Waals surface area contributed by atoms with Gasteiger partial charge in [0.2, 0.25) is 15.8 Å². The van der Waals surface area contributed by atoms with Crippen molar-refractivity contribution in [3.63, 3.8) is 0 Å². The molecule has 5 aromatic carbocycles. The number of benzene rings is 5. The zero-order chi connectivity index (χ0) is 48.3. The number of likely N-dealkylation sites (tertiary alicyclic amines) is 1. The van der Waals surface area contributed by atoms with Gasteiger partial charge < -0.3 is 29.6 Å². The van der Waals surface area contributed by atoms with Gasteiger partial charge in [0.05, 0.1) is 55.4 Å². The first kappa shape index (κ1) is 47.8. The van der Waals surface area contributed by atoms with Gasteiger partial charge in [-0.1, -0.05) is 59.9 Å². The highest BCUT2D eigenvalue weighted by Gasteiger charge is 2.41. The number of methoxy groups -OCH3 is 3. The SMILES string of the molecule is COc1ccc(CN(Cc2ccc(OC)cc2)S(=O)(=O)c2c(N([C@@H]3CCN(C(=O)OC(C)(C)C)C3)S(=O)O)ccc(-c3ccc4sc(N)nc4c3)c2-c2nnn(Cc3ccc(OC)cc3)n2)cc1. The number of hydrogen-bond acceptors (Lipinski definition) is 14. The van der Waals surface area contributed by atoms with Gasteiger partial charge in [0.25, 0.3) is 11.3 Å². The maximum atomic E-state index is 16.3. The molecule has 2 aromatic heterocycles. The number of ether oxygens (including phenoxy) is 4. The third-order valence-electron chi connectivity index (χ3n) is 11.2. The third-order valence-corrected chi connectivity index (χ3v) is 14.8. The average Bonchev–Trinajstić information content (AvgIpc) is 4.09. The molecule has 0 bridgehead atoms. The summed E-state index contributed by atoms with van der Waals surface area (Å²) in [5.74, 6) is 1.74. The number of amides is 1. The quantitative estimate of drug-likeness (QED) is 0.0891. The number of carbonyl (C=O) groups is 1. The van der Waals surface area contributed by atoms with Crippen molar-refractivity contribution in [3.05, 3.63) is 120 Å². The lowest BCUT2D eigenvalue weighted by Crippen LogP contribution is -2.42. The maximum Gasteiger partial charge on any atom is 0.410 e. The lowest BCUT2D eigenvalue weighted by molar-refractivity contribution is 0.0292. The maximum absolute atomic E-state index is 16.3. The summed E-state index contributed by atoms with van der Waals surface area (Å²) in [5.41, 5.74) is 8.77. The van der Waals surface area contributed by atoms with Crippen molar-refractivity contribution in [1.82, 2.24) is 34.4 Å². The number of thiazole rings is 1. The zero-order valence-electron chi connectivity index (χ0n) is 38.2. The standard InChI is InChI=1S/C47H51N9O9S3/c1-47(2,3)65-46(57)53-24-23-34(29-53)56(67(58)59)40-21-20-38(33-13-22-41-39(25-33)49-45(48)66-41)42(44-50-52-55(51-44)28-32-11-18-37(64-6)19-12-32)43(40)68(60,61)54(26-30-7-14-35(62-4)15-8-30)27-31-9-16-36(63-5)17-10-31/h7-22,25,34H,23-24,26-29H2,1-6H3,(H2,48,49)(H,58,59)/t34-/m1/s1. The van der Waals surface area contributed by atoms with Crippen molar-refractivity contribution in [2.75, 3.05) is 44.5 Å². The molecule has 8 rings (SSSR count). The van der Waals surface area contributed by atoms with Crippen LogP contribution in [0.3, 0.4) is 0 Å². The normalized spacial score (nSPS) is 14.6. The van der Waals surface area contributed by atoms with Crippen LogP contribution in [-0.2, 0) is 45.7 Å². The molecule has 1 saturated heterocycles. The van der Waals surface area contributed by atoms with Gasteiger partial charge in [-0.2, -0.15) is 9.10 Å². The summed E-state index contributed by atoms with van der Waals surface area (Å²) >= 11 is -1.53. The lowest BCUT2D eigenvalue weighted by atomic mass is 9.97. The molecule has 0 spiro atoms. The van der Waals surface area contributed by atoms with Crippen LogP contribution in [0.5, 0.6) is 17.2 Å². The van der Waals surface area contributed by atoms with E-state index in [1.54, 1.807) is 115 Å². The van der Waals surface area contributed by atoms with Crippen molar-refractivity contribution in [2.45, 2.75) is 63.4 Å². The highest BCUT2D eigenvalue weighted by Crippen LogP contribution is 2.45. The molecular formula is C47H51N9O9S3. The molecule has 0 aliphatic carbocycles. The number of nitrogen functional groups attached to an aromatic ring is 1. The van der Waals surface area contributed by atoms with Crippen molar-refractivity contribution < 1.29 is 40.9 Å². The van der Waals surface area contributed by atoms with E-state index in [0.717, 1.165) is 14.6 Å². The predicted molar refractivity (Wildman–Crippen MR) is 260 cm³/mol. The molecule has 0 radical (unpaired) electrons. The van der Waals surface area contributed by atoms with E-state index in [1.807, 2.05) is 24.3 Å². The fourth-order valence-electron chi connectivity index (χ4n) is 7.94. The largest absolute Gasteiger partial charge is 0.497 e. The predicted octanol–water partition coefficient (Wildman–Crippen LogP) is 7.62. The van der Waals surface area contributed by atoms with Crippen LogP contribution in [0.2, 0.25) is 0 Å². The van der Waals surface area contributed by atoms with Gasteiger partial charge >= 0.3 is 6.09 Å². The minimum absolute atomic E-state index is 0.0120. The van der Waals surface area contributed by atoms with E-state index in [4.69, 9.17) is 29.8 Å². The molecule has 2 atom stereocenters. The first-order chi connectivity index (χ1) is 32.5. The van der Waals surface area contributed by atoms with E-state index in [0.29, 0.717) is 50.2 Å². The summed E-state index contributed by atoms with van der Waals surface area (Å²) in [5, 5.41) is 14.1. The van der Waals surface area contributed by atoms with Gasteiger partial charge in [0.1, 0.15) is 27.7 Å². The van der Waals surface area contributed by atoms with Crippen LogP contribution < -0.4 is 24.2 Å². The molecule has 1 aliphatic rings. The van der Waals surface area contributed by atoms with Gasteiger partial charge in [-0.25, -0.2) is 22.4 Å². The van der Waals surface area contributed by atoms with Crippen LogP contribution >= 0.6 is 11.3 Å². The van der Waals surface area contributed by atoms with E-state index in [9.17, 15) is 13.6 Å². The Balaban J connectivity index is 1.37. The van der Waals surface area contributed by atoms with Crippen molar-refractivity contribution in [1.29, 1.82) is 0 Å². The molecule has 3 heterocycles. The Morgan fingerprint density at radius 1 is 0.868 bits per heavy atom. The highest BCUT2D eigenvalue weighted by atomic mass is 32.2. The summed E-state index contributed by atoms with van der Waals surface area (Å²) in [4.78, 5) is 20.3. The Morgan fingerprint density at radius 3 is 2.01 bits per heavy atom. The number of sulfonamides is 1. The number of tetrazole rings is 1. The first-order valence-electron chi connectivity index (χ1n) is 21.4. The second-order valence-corrected chi connectivity index (χ2v) is 20.7. The van der Waals surface area contributed by atoms with Gasteiger partial charge in [-0.05, 0) is 115 Å². The summed E-state index contributed by atoms with van der Waals surface area (Å²) < 4.78 is 83.0. The minimum Gasteiger partial charge on any atom is -0.497 e. The molecule has 68 heavy (non-hydrogen) atoms. The number of anilines is 2. The monoisotopic (exact) mass is 981 g/mol. The van der Waals surface area contributed by atoms with Gasteiger partial charge in [-0.3, -0.25) is 8.86 Å². The van der Waals surface area contributed by atoms with Crippen molar-refractivity contribution >= 4 is 59.8 Å². The lowest BCUT2D eigenvalue weighted by Gasteiger charge is -2.32. The van der Waals surface area contributed by atoms with Crippen LogP contribution in [-0.4, -0.2) is 104 Å². The van der Waals surface area contributed by atoms with E-state index >= 15 is 8.42 Å². The summed E-state index contributed by atoms with van der Waals surface area (Å²) in [6.07, 6.45) is -0.393. The Kier molecular flexibility index (Phi) is 14.0. The van der Waals surface area contributed by atoms with Gasteiger partial charge in [0.15, 0.2) is 5.13 Å². The summed E-state index contributed by atoms with van der Waals surface area (Å²) in [6.45, 7) is 5.27. The molecule has 7 aromatic rings. The Bertz CT molecular complexity index is 3000. The fraction of sp³-hybridized carbons (Fsp3) is 0.298. The van der Waals surface area contributed by atoms with E-state index in [1.165, 1.54) is 31.4 Å². The topological polar surface area (TPSA) is 218 Å². The Labute approximate surface area is 400 Å². The van der Waals surface area contributed by atoms with Crippen molar-refractivity contribution in [3.8, 4) is 39.8 Å². The number of aromatic nitrogens is 5. The smallest absolute Gasteiger partial charge is 0.410 e. The number of nitrogens with zero attached hydrogens (tertiary/aromatic N) is 8. The Hall–Kier alpha value is -6.65. The number of rotatable bonds is 16. The molecule has 21 heteroatoms. The molecule has 1 aliphatic heterocycles. The number of hydrogen-bond donors (Lipinski definition) is 2. The highest BCUT2D eigenvalue weighted by molar-refractivity contribution is 7.89. The van der Waals surface area contributed by atoms with Crippen LogP contribution in [0.25, 0.3) is 32.7 Å². The second kappa shape index (κ2) is 19.9. The molecule has 356 valence electrons. The first-order valence-corrected chi connectivity index (χ1v) is 24.7. The minimum atomic E-state index is -4.81. The van der Waals surface area contributed by atoms with Crippen LogP contribution in [0.4, 0.5) is 15.6 Å². The van der Waals surface area contributed by atoms with Crippen LogP contribution in [0, 0.1) is 0 Å². The number of carbonyl (C=O) groups excluding carboxylic acids is 1. The molecule has 18 nitrogen and oxygen atoms in total. The van der Waals surface area contributed by atoms with Crippen molar-refractivity contribution in [2.24, 2.45) is 0 Å². The second-order valence-electron chi connectivity index (χ2n) is 17.0. The van der Waals surface area contributed by atoms with E-state index in [2.05, 4.69) is 15.3 Å². The van der Waals surface area contributed by atoms with Crippen LogP contribution in [0.1, 0.15) is 43.9 Å². The van der Waals surface area contributed by atoms with Gasteiger partial charge in [-0.15, -0.1) is 10.2 Å². The number of nitrogens with two attached hydrogens (primary N) is 1. The van der Waals surface area contributed by atoms with Crippen LogP contribution in [0.15, 0.2) is 108 Å². The van der Waals surface area contributed by atoms with Gasteiger partial charge in [0, 0.05) is 26.2 Å². The molecule has 1 unspecified atom stereocenters. The average molecular weight is 982 g/mol. The fourth-order valence-corrected chi connectivity index (χ4v) is 11.3.